The molecule has 94 valence electrons. The van der Waals surface area contributed by atoms with Crippen molar-refractivity contribution in [1.82, 2.24) is 14.8 Å². The summed E-state index contributed by atoms with van der Waals surface area (Å²) < 4.78 is 6.48. The van der Waals surface area contributed by atoms with Crippen LogP contribution in [0.25, 0.3) is 5.69 Å². The fourth-order valence-corrected chi connectivity index (χ4v) is 2.26. The summed E-state index contributed by atoms with van der Waals surface area (Å²) in [6.45, 7) is 0. The molecule has 0 aliphatic carbocycles. The van der Waals surface area contributed by atoms with Gasteiger partial charge in [0.2, 0.25) is 0 Å². The van der Waals surface area contributed by atoms with Gasteiger partial charge in [0.1, 0.15) is 6.33 Å². The number of thioether (sulfide) groups is 1. The first-order valence-electron chi connectivity index (χ1n) is 5.46. The monoisotopic (exact) mass is 263 g/mol. The number of rotatable bonds is 5. The van der Waals surface area contributed by atoms with Crippen molar-refractivity contribution in [3.63, 3.8) is 0 Å². The zero-order valence-corrected chi connectivity index (χ0v) is 10.8. The molecule has 18 heavy (non-hydrogen) atoms. The van der Waals surface area contributed by atoms with E-state index in [9.17, 15) is 4.79 Å². The number of methoxy groups -OCH3 is 1. The van der Waals surface area contributed by atoms with E-state index in [1.54, 1.807) is 6.33 Å². The lowest BCUT2D eigenvalue weighted by molar-refractivity contribution is -0.140. The van der Waals surface area contributed by atoms with Crippen LogP contribution >= 0.6 is 11.8 Å². The molecule has 2 aromatic rings. The third-order valence-electron chi connectivity index (χ3n) is 2.32. The van der Waals surface area contributed by atoms with Gasteiger partial charge in [0, 0.05) is 11.4 Å². The lowest BCUT2D eigenvalue weighted by Crippen LogP contribution is -2.02. The van der Waals surface area contributed by atoms with E-state index in [1.165, 1.54) is 18.9 Å². The summed E-state index contributed by atoms with van der Waals surface area (Å²) in [5.74, 6) is 0.409. The highest BCUT2D eigenvalue weighted by molar-refractivity contribution is 7.99. The minimum absolute atomic E-state index is 0.215. The van der Waals surface area contributed by atoms with Gasteiger partial charge in [-0.25, -0.2) is 0 Å². The van der Waals surface area contributed by atoms with Crippen LogP contribution in [-0.2, 0) is 9.53 Å². The molecule has 1 aromatic heterocycles. The highest BCUT2D eigenvalue weighted by atomic mass is 32.2. The van der Waals surface area contributed by atoms with Crippen LogP contribution in [0, 0.1) is 0 Å². The predicted molar refractivity (Wildman–Crippen MR) is 68.7 cm³/mol. The van der Waals surface area contributed by atoms with E-state index < -0.39 is 0 Å². The Hall–Kier alpha value is -1.82. The smallest absolute Gasteiger partial charge is 0.306 e. The standard InChI is InChI=1S/C12H13N3O2S/c1-17-11(16)7-8-18-12-14-13-9-15(12)10-5-3-2-4-6-10/h2-6,9H,7-8H2,1H3. The van der Waals surface area contributed by atoms with Crippen LogP contribution < -0.4 is 0 Å². The van der Waals surface area contributed by atoms with E-state index in [0.29, 0.717) is 12.2 Å². The summed E-state index contributed by atoms with van der Waals surface area (Å²) in [7, 11) is 1.39. The summed E-state index contributed by atoms with van der Waals surface area (Å²) >= 11 is 1.48. The predicted octanol–water partition coefficient (Wildman–Crippen LogP) is 1.92. The van der Waals surface area contributed by atoms with E-state index in [2.05, 4.69) is 14.9 Å². The second-order valence-corrected chi connectivity index (χ2v) is 4.56. The second-order valence-electron chi connectivity index (χ2n) is 3.49. The van der Waals surface area contributed by atoms with Gasteiger partial charge >= 0.3 is 5.97 Å². The van der Waals surface area contributed by atoms with Crippen LogP contribution in [0.15, 0.2) is 41.8 Å². The number of benzene rings is 1. The van der Waals surface area contributed by atoms with Crippen molar-refractivity contribution in [2.45, 2.75) is 11.6 Å². The average Bonchev–Trinajstić information content (AvgIpc) is 2.88. The van der Waals surface area contributed by atoms with Crippen molar-refractivity contribution in [2.75, 3.05) is 12.9 Å². The number of esters is 1. The Labute approximate surface area is 109 Å². The van der Waals surface area contributed by atoms with Crippen LogP contribution in [0.2, 0.25) is 0 Å². The van der Waals surface area contributed by atoms with Crippen LogP contribution in [0.5, 0.6) is 0 Å². The first-order chi connectivity index (χ1) is 8.81. The number of carbonyl (C=O) groups is 1. The van der Waals surface area contributed by atoms with Crippen molar-refractivity contribution < 1.29 is 9.53 Å². The van der Waals surface area contributed by atoms with Gasteiger partial charge in [-0.1, -0.05) is 30.0 Å². The quantitative estimate of drug-likeness (QED) is 0.609. The van der Waals surface area contributed by atoms with Gasteiger partial charge in [0.15, 0.2) is 5.16 Å². The van der Waals surface area contributed by atoms with E-state index in [4.69, 9.17) is 0 Å². The molecule has 0 radical (unpaired) electrons. The molecule has 0 saturated carbocycles. The highest BCUT2D eigenvalue weighted by Gasteiger charge is 2.08. The third kappa shape index (κ3) is 3.10. The normalized spacial score (nSPS) is 10.3. The van der Waals surface area contributed by atoms with Crippen LogP contribution in [0.4, 0.5) is 0 Å². The summed E-state index contributed by atoms with van der Waals surface area (Å²) in [5.41, 5.74) is 1.00. The van der Waals surface area contributed by atoms with Crippen molar-refractivity contribution in [3.8, 4) is 5.69 Å². The second kappa shape index (κ2) is 6.20. The molecule has 0 aliphatic heterocycles. The van der Waals surface area contributed by atoms with Gasteiger partial charge in [-0.05, 0) is 12.1 Å². The molecule has 2 rings (SSSR count). The zero-order chi connectivity index (χ0) is 12.8. The van der Waals surface area contributed by atoms with Crippen molar-refractivity contribution in [3.05, 3.63) is 36.7 Å². The van der Waals surface area contributed by atoms with Crippen molar-refractivity contribution >= 4 is 17.7 Å². The minimum atomic E-state index is -0.215. The maximum atomic E-state index is 11.0. The Balaban J connectivity index is 2.03. The maximum absolute atomic E-state index is 11.0. The van der Waals surface area contributed by atoms with E-state index in [0.717, 1.165) is 10.8 Å². The molecule has 0 saturated heterocycles. The van der Waals surface area contributed by atoms with Gasteiger partial charge in [0.25, 0.3) is 0 Å². The van der Waals surface area contributed by atoms with E-state index >= 15 is 0 Å². The molecule has 0 atom stereocenters. The zero-order valence-electron chi connectivity index (χ0n) is 9.94. The molecule has 1 heterocycles. The fraction of sp³-hybridized carbons (Fsp3) is 0.250. The number of ether oxygens (including phenoxy) is 1. The van der Waals surface area contributed by atoms with Crippen LogP contribution in [-0.4, -0.2) is 33.6 Å². The Morgan fingerprint density at radius 2 is 2.17 bits per heavy atom. The summed E-state index contributed by atoms with van der Waals surface area (Å²) in [6.07, 6.45) is 2.03. The summed E-state index contributed by atoms with van der Waals surface area (Å²) in [5, 5.41) is 8.70. The number of hydrogen-bond acceptors (Lipinski definition) is 5. The topological polar surface area (TPSA) is 57.0 Å². The molecule has 0 spiro atoms. The Kier molecular flexibility index (Phi) is 4.35. The maximum Gasteiger partial charge on any atom is 0.306 e. The van der Waals surface area contributed by atoms with Crippen molar-refractivity contribution in [1.29, 1.82) is 0 Å². The molecule has 0 unspecified atom stereocenters. The number of para-hydroxylation sites is 1. The van der Waals surface area contributed by atoms with E-state index in [1.807, 2.05) is 34.9 Å². The van der Waals surface area contributed by atoms with Crippen LogP contribution in [0.3, 0.4) is 0 Å². The molecule has 0 amide bonds. The molecular weight excluding hydrogens is 250 g/mol. The summed E-state index contributed by atoms with van der Waals surface area (Å²) in [4.78, 5) is 11.0. The number of nitrogens with zero attached hydrogens (tertiary/aromatic N) is 3. The van der Waals surface area contributed by atoms with Gasteiger partial charge < -0.3 is 4.74 Å². The average molecular weight is 263 g/mol. The number of carbonyl (C=O) groups excluding carboxylic acids is 1. The van der Waals surface area contributed by atoms with Gasteiger partial charge in [0.05, 0.1) is 13.5 Å². The molecule has 0 N–H and O–H groups in total. The van der Waals surface area contributed by atoms with E-state index in [-0.39, 0.29) is 5.97 Å². The Bertz CT molecular complexity index is 513. The minimum Gasteiger partial charge on any atom is -0.469 e. The molecule has 0 fully saturated rings. The number of aromatic nitrogens is 3. The van der Waals surface area contributed by atoms with Crippen LogP contribution in [0.1, 0.15) is 6.42 Å². The fourth-order valence-electron chi connectivity index (χ4n) is 1.42. The lowest BCUT2D eigenvalue weighted by Gasteiger charge is -2.05. The molecule has 1 aromatic carbocycles. The molecule has 5 nitrogen and oxygen atoms in total. The first-order valence-corrected chi connectivity index (χ1v) is 6.45. The van der Waals surface area contributed by atoms with Gasteiger partial charge in [-0.15, -0.1) is 10.2 Å². The highest BCUT2D eigenvalue weighted by Crippen LogP contribution is 2.19. The number of hydrogen-bond donors (Lipinski definition) is 0. The molecule has 0 aliphatic rings. The largest absolute Gasteiger partial charge is 0.469 e. The Morgan fingerprint density at radius 3 is 2.89 bits per heavy atom. The Morgan fingerprint density at radius 1 is 1.39 bits per heavy atom. The first kappa shape index (κ1) is 12.6. The third-order valence-corrected chi connectivity index (χ3v) is 3.26. The van der Waals surface area contributed by atoms with Gasteiger partial charge in [-0.3, -0.25) is 9.36 Å². The van der Waals surface area contributed by atoms with Crippen molar-refractivity contribution in [2.24, 2.45) is 0 Å². The lowest BCUT2D eigenvalue weighted by atomic mass is 10.3. The molecule has 0 bridgehead atoms. The summed E-state index contributed by atoms with van der Waals surface area (Å²) in [6, 6.07) is 9.83. The molecular formula is C12H13N3O2S. The SMILES string of the molecule is COC(=O)CCSc1nncn1-c1ccccc1. The van der Waals surface area contributed by atoms with Gasteiger partial charge in [-0.2, -0.15) is 0 Å². The molecule has 6 heteroatoms.